The molecule has 0 aliphatic carbocycles. The summed E-state index contributed by atoms with van der Waals surface area (Å²) in [6, 6.07) is 12.7. The van der Waals surface area contributed by atoms with Crippen LogP contribution in [0.4, 0.5) is 10.1 Å². The predicted octanol–water partition coefficient (Wildman–Crippen LogP) is 4.55. The van der Waals surface area contributed by atoms with Crippen LogP contribution in [0.5, 0.6) is 5.75 Å². The summed E-state index contributed by atoms with van der Waals surface area (Å²) in [4.78, 5) is 17.2. The number of amides is 1. The van der Waals surface area contributed by atoms with E-state index in [9.17, 15) is 9.18 Å². The van der Waals surface area contributed by atoms with Crippen molar-refractivity contribution in [3.63, 3.8) is 0 Å². The Morgan fingerprint density at radius 2 is 1.86 bits per heavy atom. The van der Waals surface area contributed by atoms with Crippen molar-refractivity contribution in [2.24, 2.45) is 5.92 Å². The maximum Gasteiger partial charge on any atom is 0.224 e. The Hall–Kier alpha value is -2.56. The Balaban J connectivity index is 1.55. The van der Waals surface area contributed by atoms with Gasteiger partial charge in [-0.1, -0.05) is 25.1 Å². The highest BCUT2D eigenvalue weighted by molar-refractivity contribution is 5.78. The first-order valence-corrected chi connectivity index (χ1v) is 10.5. The van der Waals surface area contributed by atoms with Crippen LogP contribution < -0.4 is 9.64 Å². The summed E-state index contributed by atoms with van der Waals surface area (Å²) in [5.41, 5.74) is 3.16. The molecule has 2 aromatic carbocycles. The Labute approximate surface area is 172 Å². The van der Waals surface area contributed by atoms with E-state index in [1.54, 1.807) is 0 Å². The van der Waals surface area contributed by atoms with Crippen molar-refractivity contribution in [3.05, 3.63) is 59.4 Å². The molecule has 2 heterocycles. The molecule has 2 aliphatic rings. The second-order valence-electron chi connectivity index (χ2n) is 8.46. The van der Waals surface area contributed by atoms with Crippen LogP contribution in [-0.4, -0.2) is 36.5 Å². The quantitative estimate of drug-likeness (QED) is 0.760. The maximum absolute atomic E-state index is 13.3. The molecule has 0 N–H and O–H groups in total. The monoisotopic (exact) mass is 396 g/mol. The van der Waals surface area contributed by atoms with E-state index in [-0.39, 0.29) is 17.8 Å². The number of aryl methyl sites for hydroxylation is 1. The predicted molar refractivity (Wildman–Crippen MR) is 113 cm³/mol. The molecule has 1 fully saturated rings. The van der Waals surface area contributed by atoms with E-state index in [2.05, 4.69) is 24.0 Å². The zero-order valence-corrected chi connectivity index (χ0v) is 17.2. The summed E-state index contributed by atoms with van der Waals surface area (Å²) in [6.07, 6.45) is 2.59. The van der Waals surface area contributed by atoms with Gasteiger partial charge in [0.15, 0.2) is 0 Å². The molecule has 1 saturated heterocycles. The number of rotatable bonds is 4. The normalized spacial score (nSPS) is 19.6. The lowest BCUT2D eigenvalue weighted by atomic mass is 9.98. The summed E-state index contributed by atoms with van der Waals surface area (Å²) in [5, 5.41) is 0. The van der Waals surface area contributed by atoms with E-state index in [1.165, 1.54) is 12.1 Å². The van der Waals surface area contributed by atoms with Crippen molar-refractivity contribution in [1.29, 1.82) is 0 Å². The highest BCUT2D eigenvalue weighted by atomic mass is 19.1. The number of nitrogens with zero attached hydrogens (tertiary/aromatic N) is 2. The lowest BCUT2D eigenvalue weighted by Crippen LogP contribution is -2.47. The number of hydrogen-bond donors (Lipinski definition) is 0. The van der Waals surface area contributed by atoms with E-state index in [4.69, 9.17) is 4.74 Å². The average molecular weight is 397 g/mol. The second-order valence-corrected chi connectivity index (χ2v) is 8.46. The van der Waals surface area contributed by atoms with Gasteiger partial charge in [0.25, 0.3) is 0 Å². The lowest BCUT2D eigenvalue weighted by molar-refractivity contribution is -0.133. The first kappa shape index (κ1) is 19.7. The number of likely N-dealkylation sites (tertiary alicyclic amines) is 1. The van der Waals surface area contributed by atoms with E-state index < -0.39 is 0 Å². The molecule has 5 heteroatoms. The number of anilines is 1. The van der Waals surface area contributed by atoms with Gasteiger partial charge in [-0.15, -0.1) is 0 Å². The minimum absolute atomic E-state index is 0.0397. The number of hydrogen-bond acceptors (Lipinski definition) is 3. The van der Waals surface area contributed by atoms with Crippen LogP contribution in [0.3, 0.4) is 0 Å². The SMILES string of the molecule is Cc1ccc2c(c1)OC[C@H](CC(=O)N1CCC(C)CC1)N2Cc1ccc(F)cc1. The van der Waals surface area contributed by atoms with Crippen LogP contribution in [-0.2, 0) is 11.3 Å². The molecule has 4 rings (SSSR count). The van der Waals surface area contributed by atoms with Gasteiger partial charge in [0, 0.05) is 19.6 Å². The highest BCUT2D eigenvalue weighted by Crippen LogP contribution is 2.37. The molecular weight excluding hydrogens is 367 g/mol. The third kappa shape index (κ3) is 4.55. The molecule has 154 valence electrons. The molecule has 4 nitrogen and oxygen atoms in total. The third-order valence-electron chi connectivity index (χ3n) is 6.11. The molecule has 0 aromatic heterocycles. The average Bonchev–Trinajstić information content (AvgIpc) is 2.71. The van der Waals surface area contributed by atoms with Crippen LogP contribution in [0.2, 0.25) is 0 Å². The Morgan fingerprint density at radius 1 is 1.14 bits per heavy atom. The summed E-state index contributed by atoms with van der Waals surface area (Å²) < 4.78 is 19.4. The zero-order valence-electron chi connectivity index (χ0n) is 17.2. The number of piperidine rings is 1. The van der Waals surface area contributed by atoms with Crippen molar-refractivity contribution < 1.29 is 13.9 Å². The molecule has 2 aliphatic heterocycles. The number of halogens is 1. The second kappa shape index (κ2) is 8.44. The Bertz CT molecular complexity index is 860. The Kier molecular flexibility index (Phi) is 5.74. The first-order valence-electron chi connectivity index (χ1n) is 10.5. The molecule has 2 aromatic rings. The largest absolute Gasteiger partial charge is 0.489 e. The van der Waals surface area contributed by atoms with Gasteiger partial charge in [0.05, 0.1) is 18.2 Å². The highest BCUT2D eigenvalue weighted by Gasteiger charge is 2.31. The number of benzene rings is 2. The summed E-state index contributed by atoms with van der Waals surface area (Å²) >= 11 is 0. The fraction of sp³-hybridized carbons (Fsp3) is 0.458. The third-order valence-corrected chi connectivity index (χ3v) is 6.11. The molecule has 1 atom stereocenters. The van der Waals surface area contributed by atoms with E-state index in [1.807, 2.05) is 30.0 Å². The van der Waals surface area contributed by atoms with Gasteiger partial charge in [-0.2, -0.15) is 0 Å². The van der Waals surface area contributed by atoms with E-state index >= 15 is 0 Å². The standard InChI is InChI=1S/C24H29FN2O2/c1-17-9-11-26(12-10-17)24(28)14-21-16-29-23-13-18(2)3-8-22(23)27(21)15-19-4-6-20(25)7-5-19/h3-8,13,17,21H,9-12,14-16H2,1-2H3/t21-/m0/s1. The molecule has 0 spiro atoms. The molecule has 0 bridgehead atoms. The van der Waals surface area contributed by atoms with Crippen LogP contribution >= 0.6 is 0 Å². The Morgan fingerprint density at radius 3 is 2.59 bits per heavy atom. The van der Waals surface area contributed by atoms with Gasteiger partial charge in [0.2, 0.25) is 5.91 Å². The maximum atomic E-state index is 13.3. The first-order chi connectivity index (χ1) is 14.0. The fourth-order valence-electron chi connectivity index (χ4n) is 4.21. The van der Waals surface area contributed by atoms with Crippen molar-refractivity contribution in [3.8, 4) is 5.75 Å². The minimum atomic E-state index is -0.238. The van der Waals surface area contributed by atoms with Gasteiger partial charge in [-0.3, -0.25) is 4.79 Å². The smallest absolute Gasteiger partial charge is 0.224 e. The number of ether oxygens (including phenoxy) is 1. The number of fused-ring (bicyclic) bond motifs is 1. The van der Waals surface area contributed by atoms with Crippen molar-refractivity contribution in [2.75, 3.05) is 24.6 Å². The van der Waals surface area contributed by atoms with E-state index in [0.29, 0.717) is 25.5 Å². The molecular formula is C24H29FN2O2. The van der Waals surface area contributed by atoms with Crippen LogP contribution in [0.1, 0.15) is 37.3 Å². The van der Waals surface area contributed by atoms with Gasteiger partial charge >= 0.3 is 0 Å². The number of carbonyl (C=O) groups excluding carboxylic acids is 1. The number of carbonyl (C=O) groups is 1. The molecule has 0 saturated carbocycles. The van der Waals surface area contributed by atoms with Crippen molar-refractivity contribution in [2.45, 2.75) is 45.7 Å². The zero-order chi connectivity index (χ0) is 20.4. The van der Waals surface area contributed by atoms with Crippen LogP contribution in [0.25, 0.3) is 0 Å². The lowest BCUT2D eigenvalue weighted by Gasteiger charge is -2.40. The topological polar surface area (TPSA) is 32.8 Å². The molecule has 0 radical (unpaired) electrons. The van der Waals surface area contributed by atoms with Gasteiger partial charge < -0.3 is 14.5 Å². The van der Waals surface area contributed by atoms with Gasteiger partial charge in [0.1, 0.15) is 18.2 Å². The van der Waals surface area contributed by atoms with Crippen molar-refractivity contribution >= 4 is 11.6 Å². The van der Waals surface area contributed by atoms with E-state index in [0.717, 1.165) is 48.5 Å². The summed E-state index contributed by atoms with van der Waals surface area (Å²) in [7, 11) is 0. The minimum Gasteiger partial charge on any atom is -0.489 e. The van der Waals surface area contributed by atoms with Crippen LogP contribution in [0.15, 0.2) is 42.5 Å². The molecule has 29 heavy (non-hydrogen) atoms. The van der Waals surface area contributed by atoms with Gasteiger partial charge in [-0.05, 0) is 61.1 Å². The molecule has 0 unspecified atom stereocenters. The molecule has 1 amide bonds. The fourth-order valence-corrected chi connectivity index (χ4v) is 4.21. The van der Waals surface area contributed by atoms with Crippen molar-refractivity contribution in [1.82, 2.24) is 4.90 Å². The van der Waals surface area contributed by atoms with Crippen LogP contribution in [0, 0.1) is 18.7 Å². The van der Waals surface area contributed by atoms with Gasteiger partial charge in [-0.25, -0.2) is 4.39 Å². The summed E-state index contributed by atoms with van der Waals surface area (Å²) in [6.45, 7) is 7.09. The summed E-state index contributed by atoms with van der Waals surface area (Å²) in [5.74, 6) is 1.51.